The molecule has 0 spiro atoms. The summed E-state index contributed by atoms with van der Waals surface area (Å²) in [5, 5.41) is 0. The zero-order chi connectivity index (χ0) is 0. The number of hydrogen-bond acceptors (Lipinski definition) is 0. The van der Waals surface area contributed by atoms with Crippen molar-refractivity contribution in [2.45, 2.75) is 0 Å². The third kappa shape index (κ3) is 41.6. The first kappa shape index (κ1) is 72.5. The molecule has 0 saturated carbocycles. The molecular formula is H11BaKO4Ti. The molecule has 7 heteroatoms. The summed E-state index contributed by atoms with van der Waals surface area (Å²) in [5.74, 6) is 0. The maximum atomic E-state index is 0. The van der Waals surface area contributed by atoms with E-state index in [4.69, 9.17) is 0 Å². The Morgan fingerprint density at radius 2 is 0.714 bits per heavy atom. The quantitative estimate of drug-likeness (QED) is 0.395. The van der Waals surface area contributed by atoms with Crippen molar-refractivity contribution in [3.05, 3.63) is 0 Å². The topological polar surface area (TPSA) is 126 Å². The molecule has 0 aromatic carbocycles. The number of rotatable bonds is 0. The zero-order valence-corrected chi connectivity index (χ0v) is 13.3. The van der Waals surface area contributed by atoms with Gasteiger partial charge < -0.3 is 26.2 Å². The fourth-order valence-electron chi connectivity index (χ4n) is 0. The fourth-order valence-corrected chi connectivity index (χ4v) is 0. The maximum Gasteiger partial charge on any atom is 2.00 e. The molecule has 42 valence electrons. The van der Waals surface area contributed by atoms with Crippen LogP contribution in [0.15, 0.2) is 0 Å². The van der Waals surface area contributed by atoms with E-state index < -0.39 is 0 Å². The van der Waals surface area contributed by atoms with Crippen LogP contribution in [0.2, 0.25) is 0 Å². The summed E-state index contributed by atoms with van der Waals surface area (Å²) in [6, 6.07) is 0. The van der Waals surface area contributed by atoms with Crippen LogP contribution in [-0.2, 0) is 21.7 Å². The molecule has 0 rings (SSSR count). The van der Waals surface area contributed by atoms with E-state index >= 15 is 0 Å². The Hall–Kier alpha value is 3.76. The Morgan fingerprint density at radius 3 is 0.714 bits per heavy atom. The minimum absolute atomic E-state index is 0. The van der Waals surface area contributed by atoms with Crippen LogP contribution in [0.3, 0.4) is 0 Å². The molecule has 7 heavy (non-hydrogen) atoms. The second kappa shape index (κ2) is 53.0. The summed E-state index contributed by atoms with van der Waals surface area (Å²) < 4.78 is 0. The molecule has 0 aliphatic heterocycles. The van der Waals surface area contributed by atoms with Gasteiger partial charge in [0.1, 0.15) is 0 Å². The van der Waals surface area contributed by atoms with Crippen molar-refractivity contribution in [3.63, 3.8) is 0 Å². The molecule has 0 radical (unpaired) electrons. The largest absolute Gasteiger partial charge is 2.00 e. The van der Waals surface area contributed by atoms with E-state index in [1.807, 2.05) is 0 Å². The van der Waals surface area contributed by atoms with Crippen LogP contribution in [0, 0.1) is 0 Å². The Balaban J connectivity index is 0. The molecule has 0 aromatic rings. The normalized spacial score (nSPS) is 0. The van der Waals surface area contributed by atoms with Gasteiger partial charge in [0.2, 0.25) is 0 Å². The first-order valence-corrected chi connectivity index (χ1v) is 0. The van der Waals surface area contributed by atoms with Crippen molar-refractivity contribution in [2.75, 3.05) is 0 Å². The predicted octanol–water partition coefficient (Wildman–Crippen LogP) is -6.34. The van der Waals surface area contributed by atoms with Crippen molar-refractivity contribution in [3.8, 4) is 0 Å². The van der Waals surface area contributed by atoms with Crippen molar-refractivity contribution >= 4 is 48.9 Å². The molecule has 0 bridgehead atoms. The smallest absolute Gasteiger partial charge is 1.00 e. The molecular weight excluding hydrogens is 288 g/mol. The monoisotopic (exact) mass is 300 g/mol. The Morgan fingerprint density at radius 1 is 0.714 bits per heavy atom. The van der Waals surface area contributed by atoms with Crippen LogP contribution >= 0.6 is 0 Å². The van der Waals surface area contributed by atoms with Gasteiger partial charge in [-0.25, -0.2) is 0 Å². The Labute approximate surface area is 144 Å². The van der Waals surface area contributed by atoms with Gasteiger partial charge in [0.15, 0.2) is 0 Å². The molecule has 0 amide bonds. The van der Waals surface area contributed by atoms with Crippen LogP contribution in [0.25, 0.3) is 0 Å². The van der Waals surface area contributed by atoms with Gasteiger partial charge in [-0.3, -0.25) is 0 Å². The maximum absolute atomic E-state index is 0. The van der Waals surface area contributed by atoms with E-state index in [1.54, 1.807) is 0 Å². The standard InChI is InChI=1S/Ba.K.4H2O.Ti.3H/h;;4*1H2;;;;/q+2;+1;;;;;;3*-1. The minimum Gasteiger partial charge on any atom is -1.00 e. The molecule has 0 unspecified atom stereocenters. The summed E-state index contributed by atoms with van der Waals surface area (Å²) in [7, 11) is 0. The minimum atomic E-state index is 0. The second-order valence-corrected chi connectivity index (χ2v) is 0. The molecule has 0 heterocycles. The van der Waals surface area contributed by atoms with Crippen LogP contribution in [0.1, 0.15) is 4.28 Å². The van der Waals surface area contributed by atoms with Crippen molar-refractivity contribution in [1.29, 1.82) is 0 Å². The van der Waals surface area contributed by atoms with Gasteiger partial charge in [-0.2, -0.15) is 0 Å². The summed E-state index contributed by atoms with van der Waals surface area (Å²) in [4.78, 5) is 0. The third-order valence-electron chi connectivity index (χ3n) is 0. The molecule has 0 aromatic heterocycles. The summed E-state index contributed by atoms with van der Waals surface area (Å²) in [6.07, 6.45) is 0. The molecule has 8 N–H and O–H groups in total. The third-order valence-corrected chi connectivity index (χ3v) is 0. The summed E-state index contributed by atoms with van der Waals surface area (Å²) >= 11 is 0. The van der Waals surface area contributed by atoms with Gasteiger partial charge in [0.05, 0.1) is 0 Å². The Kier molecular flexibility index (Phi) is 548. The van der Waals surface area contributed by atoms with Crippen LogP contribution in [0.5, 0.6) is 0 Å². The van der Waals surface area contributed by atoms with E-state index in [2.05, 4.69) is 0 Å². The average molecular weight is 299 g/mol. The second-order valence-electron chi connectivity index (χ2n) is 0. The summed E-state index contributed by atoms with van der Waals surface area (Å²) in [5.41, 5.74) is 0. The van der Waals surface area contributed by atoms with Gasteiger partial charge in [-0.1, -0.05) is 0 Å². The van der Waals surface area contributed by atoms with Crippen molar-refractivity contribution in [1.82, 2.24) is 0 Å². The van der Waals surface area contributed by atoms with E-state index in [0.717, 1.165) is 0 Å². The molecule has 0 aliphatic carbocycles. The Bertz CT molecular complexity index is 20.5. The van der Waals surface area contributed by atoms with Crippen LogP contribution < -0.4 is 51.4 Å². The van der Waals surface area contributed by atoms with Crippen molar-refractivity contribution < 1.29 is 99.3 Å². The van der Waals surface area contributed by atoms with Crippen molar-refractivity contribution in [2.24, 2.45) is 0 Å². The zero-order valence-electron chi connectivity index (χ0n) is 7.21. The van der Waals surface area contributed by atoms with E-state index in [1.165, 1.54) is 0 Å². The number of hydrogen-bond donors (Lipinski definition) is 0. The molecule has 0 atom stereocenters. The molecule has 0 saturated heterocycles. The average Bonchev–Trinajstić information content (AvgIpc) is 0. The van der Waals surface area contributed by atoms with Gasteiger partial charge in [0, 0.05) is 21.7 Å². The van der Waals surface area contributed by atoms with E-state index in [-0.39, 0.29) is 148 Å². The SMILES string of the molecule is O.O.O.O.[Ba+2].[H-].[H-].[H-].[K+].[Ti]. The summed E-state index contributed by atoms with van der Waals surface area (Å²) in [6.45, 7) is 0. The van der Waals surface area contributed by atoms with Crippen LogP contribution in [-0.4, -0.2) is 70.8 Å². The first-order valence-electron chi connectivity index (χ1n) is 0. The van der Waals surface area contributed by atoms with Gasteiger partial charge in [-0.15, -0.1) is 0 Å². The molecule has 0 aliphatic rings. The van der Waals surface area contributed by atoms with Crippen LogP contribution in [0.4, 0.5) is 0 Å². The molecule has 0 fully saturated rings. The fraction of sp³-hybridized carbons (Fsp3) is 0. The van der Waals surface area contributed by atoms with E-state index in [9.17, 15) is 0 Å². The van der Waals surface area contributed by atoms with Gasteiger partial charge in [-0.05, 0) is 0 Å². The predicted molar refractivity (Wildman–Crippen MR) is 23.5 cm³/mol. The molecule has 4 nitrogen and oxygen atoms in total. The van der Waals surface area contributed by atoms with Gasteiger partial charge >= 0.3 is 100 Å². The van der Waals surface area contributed by atoms with E-state index in [0.29, 0.717) is 0 Å². The van der Waals surface area contributed by atoms with Gasteiger partial charge in [0.25, 0.3) is 0 Å². The first-order chi connectivity index (χ1) is 0.